The van der Waals surface area contributed by atoms with E-state index < -0.39 is 0 Å². The van der Waals surface area contributed by atoms with Crippen molar-refractivity contribution in [2.24, 2.45) is 5.92 Å². The van der Waals surface area contributed by atoms with E-state index >= 15 is 0 Å². The molecule has 0 saturated carbocycles. The first-order valence-corrected chi connectivity index (χ1v) is 6.85. The molecule has 0 aliphatic rings. The van der Waals surface area contributed by atoms with Gasteiger partial charge in [0.25, 0.3) is 0 Å². The predicted molar refractivity (Wildman–Crippen MR) is 82.0 cm³/mol. The van der Waals surface area contributed by atoms with E-state index in [2.05, 4.69) is 5.10 Å². The van der Waals surface area contributed by atoms with E-state index in [4.69, 9.17) is 16.9 Å². The number of ketones is 1. The van der Waals surface area contributed by atoms with Crippen LogP contribution in [0.1, 0.15) is 19.4 Å². The number of rotatable bonds is 4. The molecule has 1 aromatic carbocycles. The molecule has 2 rings (SSSR count). The van der Waals surface area contributed by atoms with Gasteiger partial charge in [-0.2, -0.15) is 10.4 Å². The van der Waals surface area contributed by atoms with Crippen molar-refractivity contribution < 1.29 is 4.79 Å². The zero-order valence-electron chi connectivity index (χ0n) is 11.7. The average Bonchev–Trinajstić information content (AvgIpc) is 2.93. The molecule has 0 saturated heterocycles. The van der Waals surface area contributed by atoms with Crippen molar-refractivity contribution in [1.82, 2.24) is 9.78 Å². The highest BCUT2D eigenvalue weighted by Crippen LogP contribution is 2.15. The van der Waals surface area contributed by atoms with Gasteiger partial charge in [-0.3, -0.25) is 4.79 Å². The highest BCUT2D eigenvalue weighted by atomic mass is 35.5. The molecule has 0 N–H and O–H groups in total. The standard InChI is InChI=1S/C16H14ClN3O/c1-11(2)16(21)13(8-18)7-12-9-19-20(10-12)15-5-3-14(17)4-6-15/h3-7,9-11H,1-2H3/b13-7+. The van der Waals surface area contributed by atoms with Gasteiger partial charge in [0.05, 0.1) is 17.5 Å². The molecule has 0 unspecified atom stereocenters. The summed E-state index contributed by atoms with van der Waals surface area (Å²) < 4.78 is 1.66. The van der Waals surface area contributed by atoms with E-state index in [1.807, 2.05) is 18.2 Å². The summed E-state index contributed by atoms with van der Waals surface area (Å²) >= 11 is 5.84. The van der Waals surface area contributed by atoms with Crippen molar-refractivity contribution in [2.75, 3.05) is 0 Å². The molecule has 0 amide bonds. The third-order valence-electron chi connectivity index (χ3n) is 2.92. The van der Waals surface area contributed by atoms with Crippen LogP contribution < -0.4 is 0 Å². The Kier molecular flexibility index (Phi) is 4.56. The van der Waals surface area contributed by atoms with Crippen molar-refractivity contribution in [3.8, 4) is 11.8 Å². The van der Waals surface area contributed by atoms with Gasteiger partial charge in [-0.05, 0) is 30.3 Å². The lowest BCUT2D eigenvalue weighted by Crippen LogP contribution is -2.08. The zero-order valence-corrected chi connectivity index (χ0v) is 12.5. The minimum absolute atomic E-state index is 0.139. The minimum Gasteiger partial charge on any atom is -0.293 e. The van der Waals surface area contributed by atoms with Crippen LogP contribution in [0.25, 0.3) is 11.8 Å². The van der Waals surface area contributed by atoms with E-state index in [0.717, 1.165) is 5.69 Å². The second kappa shape index (κ2) is 6.38. The molecule has 0 radical (unpaired) electrons. The molecule has 0 aliphatic carbocycles. The molecular weight excluding hydrogens is 286 g/mol. The van der Waals surface area contributed by atoms with Crippen molar-refractivity contribution in [2.45, 2.75) is 13.8 Å². The Morgan fingerprint density at radius 1 is 1.38 bits per heavy atom. The van der Waals surface area contributed by atoms with Gasteiger partial charge in [-0.1, -0.05) is 25.4 Å². The summed E-state index contributed by atoms with van der Waals surface area (Å²) in [5.41, 5.74) is 1.70. The number of benzene rings is 1. The average molecular weight is 300 g/mol. The summed E-state index contributed by atoms with van der Waals surface area (Å²) in [6.07, 6.45) is 4.93. The Morgan fingerprint density at radius 3 is 2.62 bits per heavy atom. The van der Waals surface area contributed by atoms with Crippen molar-refractivity contribution in [1.29, 1.82) is 5.26 Å². The SMILES string of the molecule is CC(C)C(=O)/C(C#N)=C/c1cnn(-c2ccc(Cl)cc2)c1. The first-order chi connectivity index (χ1) is 10.0. The smallest absolute Gasteiger partial charge is 0.175 e. The summed E-state index contributed by atoms with van der Waals surface area (Å²) in [6, 6.07) is 9.18. The van der Waals surface area contributed by atoms with Gasteiger partial charge in [0.1, 0.15) is 6.07 Å². The Balaban J connectivity index is 2.29. The van der Waals surface area contributed by atoms with E-state index in [-0.39, 0.29) is 17.3 Å². The topological polar surface area (TPSA) is 58.7 Å². The molecule has 0 fully saturated rings. The van der Waals surface area contributed by atoms with Gasteiger partial charge in [-0.25, -0.2) is 4.68 Å². The van der Waals surface area contributed by atoms with Crippen molar-refractivity contribution in [3.63, 3.8) is 0 Å². The second-order valence-corrected chi connectivity index (χ2v) is 5.32. The molecule has 106 valence electrons. The number of allylic oxidation sites excluding steroid dienone is 1. The van der Waals surface area contributed by atoms with Crippen LogP contribution in [-0.2, 0) is 4.79 Å². The van der Waals surface area contributed by atoms with Crippen LogP contribution in [0.2, 0.25) is 5.02 Å². The lowest BCUT2D eigenvalue weighted by molar-refractivity contribution is -0.117. The number of carbonyl (C=O) groups excluding carboxylic acids is 1. The molecule has 1 heterocycles. The van der Waals surface area contributed by atoms with Crippen LogP contribution in [0.5, 0.6) is 0 Å². The van der Waals surface area contributed by atoms with Gasteiger partial charge in [-0.15, -0.1) is 0 Å². The minimum atomic E-state index is -0.206. The Bertz CT molecular complexity index is 721. The largest absolute Gasteiger partial charge is 0.293 e. The monoisotopic (exact) mass is 299 g/mol. The summed E-state index contributed by atoms with van der Waals surface area (Å²) in [4.78, 5) is 11.9. The Labute approximate surface area is 128 Å². The number of halogens is 1. The quantitative estimate of drug-likeness (QED) is 0.639. The van der Waals surface area contributed by atoms with Crippen LogP contribution in [0, 0.1) is 17.2 Å². The fourth-order valence-corrected chi connectivity index (χ4v) is 1.91. The summed E-state index contributed by atoms with van der Waals surface area (Å²) in [7, 11) is 0. The van der Waals surface area contributed by atoms with E-state index in [9.17, 15) is 4.79 Å². The Morgan fingerprint density at radius 2 is 2.05 bits per heavy atom. The first-order valence-electron chi connectivity index (χ1n) is 6.48. The highest BCUT2D eigenvalue weighted by Gasteiger charge is 2.13. The molecule has 0 spiro atoms. The molecule has 1 aromatic heterocycles. The Hall–Kier alpha value is -2.38. The van der Waals surface area contributed by atoms with Crippen LogP contribution in [0.3, 0.4) is 0 Å². The predicted octanol–water partition coefficient (Wildman–Crippen LogP) is 3.66. The molecule has 0 atom stereocenters. The fourth-order valence-electron chi connectivity index (χ4n) is 1.78. The van der Waals surface area contributed by atoms with E-state index in [0.29, 0.717) is 10.6 Å². The molecule has 21 heavy (non-hydrogen) atoms. The maximum absolute atomic E-state index is 11.9. The number of nitriles is 1. The summed E-state index contributed by atoms with van der Waals surface area (Å²) in [5.74, 6) is -0.376. The van der Waals surface area contributed by atoms with Gasteiger partial charge in [0.2, 0.25) is 0 Å². The normalized spacial score (nSPS) is 11.5. The molecule has 4 nitrogen and oxygen atoms in total. The molecule has 0 aliphatic heterocycles. The third-order valence-corrected chi connectivity index (χ3v) is 3.17. The first kappa shape index (κ1) is 15.0. The van der Waals surface area contributed by atoms with Gasteiger partial charge in [0.15, 0.2) is 5.78 Å². The molecular formula is C16H14ClN3O. The van der Waals surface area contributed by atoms with Crippen LogP contribution in [0.15, 0.2) is 42.2 Å². The second-order valence-electron chi connectivity index (χ2n) is 4.88. The molecule has 5 heteroatoms. The number of aromatic nitrogens is 2. The maximum atomic E-state index is 11.9. The molecule has 2 aromatic rings. The number of nitrogens with zero attached hydrogens (tertiary/aromatic N) is 3. The summed E-state index contributed by atoms with van der Waals surface area (Å²) in [5, 5.41) is 13.9. The van der Waals surface area contributed by atoms with Crippen LogP contribution in [-0.4, -0.2) is 15.6 Å². The van der Waals surface area contributed by atoms with Crippen molar-refractivity contribution in [3.05, 3.63) is 52.8 Å². The molecule has 0 bridgehead atoms. The maximum Gasteiger partial charge on any atom is 0.175 e. The number of Topliss-reactive ketones (excluding diaryl/α,β-unsaturated/α-hetero) is 1. The lowest BCUT2D eigenvalue weighted by atomic mass is 10.0. The van der Waals surface area contributed by atoms with Crippen LogP contribution in [0.4, 0.5) is 0 Å². The van der Waals surface area contributed by atoms with E-state index in [1.54, 1.807) is 49.1 Å². The van der Waals surface area contributed by atoms with E-state index in [1.165, 1.54) is 0 Å². The number of hydrogen-bond acceptors (Lipinski definition) is 3. The zero-order chi connectivity index (χ0) is 15.4. The summed E-state index contributed by atoms with van der Waals surface area (Å²) in [6.45, 7) is 3.54. The van der Waals surface area contributed by atoms with Crippen LogP contribution >= 0.6 is 11.6 Å². The van der Waals surface area contributed by atoms with Crippen molar-refractivity contribution >= 4 is 23.5 Å². The van der Waals surface area contributed by atoms with Gasteiger partial charge < -0.3 is 0 Å². The number of hydrogen-bond donors (Lipinski definition) is 0. The number of carbonyl (C=O) groups is 1. The van der Waals surface area contributed by atoms with Gasteiger partial charge >= 0.3 is 0 Å². The highest BCUT2D eigenvalue weighted by molar-refractivity contribution is 6.30. The lowest BCUT2D eigenvalue weighted by Gasteiger charge is -2.01. The fraction of sp³-hybridized carbons (Fsp3) is 0.188. The third kappa shape index (κ3) is 3.59. The van der Waals surface area contributed by atoms with Gasteiger partial charge in [0, 0.05) is 22.7 Å².